The maximum Gasteiger partial charge on any atom is 0.261 e. The SMILES string of the molecule is COc1ccc(S(=O)(=O)Nc2ccc(Oc3ccc(-n4nc(C)c(C)c4C)nn3)cc2)cc1C(N)=O. The Morgan fingerprint density at radius 1 is 1.00 bits per heavy atom. The molecule has 1 amide bonds. The van der Waals surface area contributed by atoms with Crippen molar-refractivity contribution in [2.45, 2.75) is 25.7 Å². The fraction of sp³-hybridized carbons (Fsp3) is 0.167. The van der Waals surface area contributed by atoms with Crippen molar-refractivity contribution in [1.82, 2.24) is 20.0 Å². The third-order valence-corrected chi connectivity index (χ3v) is 6.95. The lowest BCUT2D eigenvalue weighted by Gasteiger charge is -2.11. The average Bonchev–Trinajstić information content (AvgIpc) is 3.12. The normalized spacial score (nSPS) is 11.2. The molecule has 2 aromatic heterocycles. The Kier molecular flexibility index (Phi) is 6.62. The molecule has 0 aliphatic rings. The Morgan fingerprint density at radius 2 is 1.72 bits per heavy atom. The highest BCUT2D eigenvalue weighted by Gasteiger charge is 2.19. The van der Waals surface area contributed by atoms with Crippen molar-refractivity contribution in [2.24, 2.45) is 5.73 Å². The van der Waals surface area contributed by atoms with Crippen LogP contribution in [0.4, 0.5) is 5.69 Å². The first kappa shape index (κ1) is 24.7. The van der Waals surface area contributed by atoms with Crippen LogP contribution in [0.3, 0.4) is 0 Å². The van der Waals surface area contributed by atoms with E-state index < -0.39 is 15.9 Å². The van der Waals surface area contributed by atoms with Gasteiger partial charge in [0.2, 0.25) is 5.88 Å². The highest BCUT2D eigenvalue weighted by molar-refractivity contribution is 7.92. The summed E-state index contributed by atoms with van der Waals surface area (Å²) in [4.78, 5) is 11.5. The van der Waals surface area contributed by atoms with E-state index in [1.807, 2.05) is 20.8 Å². The second-order valence-corrected chi connectivity index (χ2v) is 9.58. The monoisotopic (exact) mass is 508 g/mol. The Bertz CT molecular complexity index is 1530. The number of hydrogen-bond donors (Lipinski definition) is 2. The van der Waals surface area contributed by atoms with Crippen LogP contribution in [0, 0.1) is 20.8 Å². The molecule has 4 aromatic rings. The van der Waals surface area contributed by atoms with Gasteiger partial charge < -0.3 is 15.2 Å². The van der Waals surface area contributed by atoms with Gasteiger partial charge in [-0.05, 0) is 74.9 Å². The molecule has 0 aliphatic carbocycles. The van der Waals surface area contributed by atoms with Crippen molar-refractivity contribution < 1.29 is 22.7 Å². The molecule has 0 aliphatic heterocycles. The zero-order chi connectivity index (χ0) is 26.0. The first-order chi connectivity index (χ1) is 17.1. The summed E-state index contributed by atoms with van der Waals surface area (Å²) in [6, 6.07) is 13.5. The summed E-state index contributed by atoms with van der Waals surface area (Å²) >= 11 is 0. The number of methoxy groups -OCH3 is 1. The van der Waals surface area contributed by atoms with E-state index in [1.165, 1.54) is 31.4 Å². The van der Waals surface area contributed by atoms with Crippen LogP contribution >= 0.6 is 0 Å². The smallest absolute Gasteiger partial charge is 0.261 e. The van der Waals surface area contributed by atoms with E-state index in [2.05, 4.69) is 20.0 Å². The van der Waals surface area contributed by atoms with Crippen LogP contribution in [0.15, 0.2) is 59.5 Å². The van der Waals surface area contributed by atoms with E-state index in [0.29, 0.717) is 17.3 Å². The minimum atomic E-state index is -3.99. The molecule has 0 saturated carbocycles. The van der Waals surface area contributed by atoms with Crippen LogP contribution in [-0.2, 0) is 10.0 Å². The van der Waals surface area contributed by atoms with Gasteiger partial charge in [0.25, 0.3) is 15.9 Å². The standard InChI is InChI=1S/C24H24N6O5S/c1-14-15(2)28-30(16(14)3)22-11-12-23(27-26-22)35-18-7-5-17(6-8-18)29-36(32,33)19-9-10-21(34-4)20(13-19)24(25)31/h5-13,29H,1-4H3,(H2,25,31). The van der Waals surface area contributed by atoms with E-state index in [4.69, 9.17) is 15.2 Å². The summed E-state index contributed by atoms with van der Waals surface area (Å²) < 4.78 is 40.5. The molecule has 12 heteroatoms. The Labute approximate surface area is 207 Å². The Hall–Kier alpha value is -4.45. The highest BCUT2D eigenvalue weighted by Crippen LogP contribution is 2.26. The van der Waals surface area contributed by atoms with Crippen molar-refractivity contribution in [3.8, 4) is 23.2 Å². The number of carbonyl (C=O) groups is 1. The van der Waals surface area contributed by atoms with Gasteiger partial charge in [0, 0.05) is 17.4 Å². The van der Waals surface area contributed by atoms with E-state index in [9.17, 15) is 13.2 Å². The first-order valence-electron chi connectivity index (χ1n) is 10.7. The molecule has 11 nitrogen and oxygen atoms in total. The number of nitrogens with one attached hydrogen (secondary N) is 1. The largest absolute Gasteiger partial charge is 0.496 e. The predicted octanol–water partition coefficient (Wildman–Crippen LogP) is 3.29. The van der Waals surface area contributed by atoms with Gasteiger partial charge in [0.05, 0.1) is 23.3 Å². The van der Waals surface area contributed by atoms with Crippen molar-refractivity contribution in [1.29, 1.82) is 0 Å². The van der Waals surface area contributed by atoms with Gasteiger partial charge in [-0.25, -0.2) is 13.1 Å². The fourth-order valence-electron chi connectivity index (χ4n) is 3.40. The van der Waals surface area contributed by atoms with Gasteiger partial charge >= 0.3 is 0 Å². The third-order valence-electron chi connectivity index (χ3n) is 5.57. The van der Waals surface area contributed by atoms with E-state index in [0.717, 1.165) is 23.0 Å². The summed E-state index contributed by atoms with van der Waals surface area (Å²) in [6.07, 6.45) is 0. The maximum atomic E-state index is 12.8. The summed E-state index contributed by atoms with van der Waals surface area (Å²) in [5.41, 5.74) is 8.57. The molecular formula is C24H24N6O5S. The Balaban J connectivity index is 1.46. The van der Waals surface area contributed by atoms with Crippen molar-refractivity contribution >= 4 is 21.6 Å². The molecule has 36 heavy (non-hydrogen) atoms. The lowest BCUT2D eigenvalue weighted by molar-refractivity contribution is 0.0997. The van der Waals surface area contributed by atoms with Crippen molar-refractivity contribution in [3.63, 3.8) is 0 Å². The number of anilines is 1. The topological polar surface area (TPSA) is 151 Å². The second kappa shape index (κ2) is 9.66. The number of nitrogens with two attached hydrogens (primary N) is 1. The van der Waals surface area contributed by atoms with Crippen LogP contribution in [-0.4, -0.2) is 41.4 Å². The van der Waals surface area contributed by atoms with E-state index in [1.54, 1.807) is 28.9 Å². The molecule has 0 bridgehead atoms. The van der Waals surface area contributed by atoms with Gasteiger partial charge in [-0.1, -0.05) is 0 Å². The van der Waals surface area contributed by atoms with Crippen molar-refractivity contribution in [3.05, 3.63) is 77.1 Å². The predicted molar refractivity (Wildman–Crippen MR) is 132 cm³/mol. The molecule has 2 heterocycles. The Morgan fingerprint density at radius 3 is 2.28 bits per heavy atom. The molecule has 0 radical (unpaired) electrons. The molecule has 0 unspecified atom stereocenters. The van der Waals surface area contributed by atoms with Gasteiger partial charge in [0.15, 0.2) is 5.82 Å². The fourth-order valence-corrected chi connectivity index (χ4v) is 4.48. The van der Waals surface area contributed by atoms with Gasteiger partial charge in [-0.2, -0.15) is 5.10 Å². The number of nitrogens with zero attached hydrogens (tertiary/aromatic N) is 4. The summed E-state index contributed by atoms with van der Waals surface area (Å²) in [5, 5.41) is 12.7. The van der Waals surface area contributed by atoms with Crippen LogP contribution in [0.5, 0.6) is 17.4 Å². The number of amides is 1. The second-order valence-electron chi connectivity index (χ2n) is 7.90. The number of aryl methyl sites for hydroxylation is 1. The van der Waals surface area contributed by atoms with Gasteiger partial charge in [0.1, 0.15) is 11.5 Å². The lowest BCUT2D eigenvalue weighted by Crippen LogP contribution is -2.16. The molecule has 4 rings (SSSR count). The number of ether oxygens (including phenoxy) is 2. The molecular weight excluding hydrogens is 484 g/mol. The average molecular weight is 509 g/mol. The molecule has 3 N–H and O–H groups in total. The zero-order valence-corrected chi connectivity index (χ0v) is 20.8. The molecule has 0 atom stereocenters. The molecule has 0 saturated heterocycles. The number of rotatable bonds is 8. The lowest BCUT2D eigenvalue weighted by atomic mass is 10.2. The number of sulfonamides is 1. The number of aromatic nitrogens is 4. The van der Waals surface area contributed by atoms with Crippen molar-refractivity contribution in [2.75, 3.05) is 11.8 Å². The minimum absolute atomic E-state index is 0.0377. The molecule has 0 fully saturated rings. The molecule has 0 spiro atoms. The van der Waals surface area contributed by atoms with Crippen LogP contribution < -0.4 is 19.9 Å². The van der Waals surface area contributed by atoms with E-state index in [-0.39, 0.29) is 22.1 Å². The minimum Gasteiger partial charge on any atom is -0.496 e. The quantitative estimate of drug-likeness (QED) is 0.368. The summed E-state index contributed by atoms with van der Waals surface area (Å²) in [7, 11) is -2.63. The van der Waals surface area contributed by atoms with Crippen LogP contribution in [0.2, 0.25) is 0 Å². The maximum absolute atomic E-state index is 12.8. The third kappa shape index (κ3) is 4.98. The summed E-state index contributed by atoms with van der Waals surface area (Å²) in [6.45, 7) is 5.89. The zero-order valence-electron chi connectivity index (χ0n) is 20.0. The van der Waals surface area contributed by atoms with Gasteiger partial charge in [-0.15, -0.1) is 10.2 Å². The number of carbonyl (C=O) groups excluding carboxylic acids is 1. The van der Waals surface area contributed by atoms with E-state index >= 15 is 0 Å². The number of benzene rings is 2. The number of hydrogen-bond acceptors (Lipinski definition) is 8. The molecule has 186 valence electrons. The molecule has 2 aromatic carbocycles. The van der Waals surface area contributed by atoms with Crippen LogP contribution in [0.1, 0.15) is 27.3 Å². The van der Waals surface area contributed by atoms with Crippen LogP contribution in [0.25, 0.3) is 5.82 Å². The summed E-state index contributed by atoms with van der Waals surface area (Å²) in [5.74, 6) is 0.652. The number of primary amides is 1. The first-order valence-corrected chi connectivity index (χ1v) is 12.2. The van der Waals surface area contributed by atoms with Gasteiger partial charge in [-0.3, -0.25) is 9.52 Å². The highest BCUT2D eigenvalue weighted by atomic mass is 32.2.